The van der Waals surface area contributed by atoms with Crippen molar-refractivity contribution in [1.82, 2.24) is 5.32 Å². The van der Waals surface area contributed by atoms with E-state index in [1.807, 2.05) is 36.9 Å². The summed E-state index contributed by atoms with van der Waals surface area (Å²) in [5.41, 5.74) is 7.05. The van der Waals surface area contributed by atoms with Gasteiger partial charge >= 0.3 is 0 Å². The Kier molecular flexibility index (Phi) is 4.30. The molecule has 116 valence electrons. The van der Waals surface area contributed by atoms with E-state index in [2.05, 4.69) is 19.2 Å². The summed E-state index contributed by atoms with van der Waals surface area (Å²) >= 11 is 0. The topological polar surface area (TPSA) is 67.6 Å². The largest absolute Gasteiger partial charge is 0.484 e. The number of hydrogen-bond acceptors (Lipinski definition) is 4. The van der Waals surface area contributed by atoms with Gasteiger partial charge in [0.25, 0.3) is 0 Å². The van der Waals surface area contributed by atoms with Crippen LogP contribution < -0.4 is 20.7 Å². The number of fused-ring (bicyclic) bond motifs is 1. The minimum absolute atomic E-state index is 0.0316. The summed E-state index contributed by atoms with van der Waals surface area (Å²) in [6, 6.07) is 5.56. The maximum absolute atomic E-state index is 12.1. The van der Waals surface area contributed by atoms with Gasteiger partial charge in [-0.1, -0.05) is 13.8 Å². The standard InChI is InChI=1S/C16H25N3O2/c1-11(2)8-18-15(20)9-19-10-16(3,4)21-14-7-12(17)5-6-13(14)19/h5-7,11H,8-10,17H2,1-4H3,(H,18,20). The van der Waals surface area contributed by atoms with Crippen molar-refractivity contribution in [2.45, 2.75) is 33.3 Å². The zero-order valence-electron chi connectivity index (χ0n) is 13.3. The molecule has 0 spiro atoms. The maximum atomic E-state index is 12.1. The molecule has 1 aliphatic rings. The number of nitrogens with zero attached hydrogens (tertiary/aromatic N) is 1. The van der Waals surface area contributed by atoms with Crippen molar-refractivity contribution in [2.75, 3.05) is 30.3 Å². The van der Waals surface area contributed by atoms with Crippen LogP contribution in [0.15, 0.2) is 18.2 Å². The van der Waals surface area contributed by atoms with E-state index in [0.29, 0.717) is 31.2 Å². The van der Waals surface area contributed by atoms with Crippen molar-refractivity contribution in [3.8, 4) is 5.75 Å². The monoisotopic (exact) mass is 291 g/mol. The number of rotatable bonds is 4. The van der Waals surface area contributed by atoms with Crippen LogP contribution in [-0.2, 0) is 4.79 Å². The number of benzene rings is 1. The quantitative estimate of drug-likeness (QED) is 0.833. The molecule has 2 rings (SSSR count). The van der Waals surface area contributed by atoms with Crippen LogP contribution >= 0.6 is 0 Å². The lowest BCUT2D eigenvalue weighted by Crippen LogP contribution is -2.50. The van der Waals surface area contributed by atoms with Crippen LogP contribution in [0.5, 0.6) is 5.75 Å². The molecular weight excluding hydrogens is 266 g/mol. The van der Waals surface area contributed by atoms with Crippen molar-refractivity contribution in [2.24, 2.45) is 5.92 Å². The molecule has 1 heterocycles. The van der Waals surface area contributed by atoms with E-state index < -0.39 is 0 Å². The summed E-state index contributed by atoms with van der Waals surface area (Å²) in [6.07, 6.45) is 0. The number of nitrogens with one attached hydrogen (secondary N) is 1. The maximum Gasteiger partial charge on any atom is 0.239 e. The number of ether oxygens (including phenoxy) is 1. The van der Waals surface area contributed by atoms with Crippen molar-refractivity contribution >= 4 is 17.3 Å². The molecule has 0 aliphatic carbocycles. The first kappa shape index (κ1) is 15.5. The molecule has 0 fully saturated rings. The van der Waals surface area contributed by atoms with Gasteiger partial charge in [0.05, 0.1) is 18.8 Å². The van der Waals surface area contributed by atoms with Gasteiger partial charge in [0.1, 0.15) is 11.4 Å². The highest BCUT2D eigenvalue weighted by molar-refractivity contribution is 5.82. The Bertz CT molecular complexity index is 526. The SMILES string of the molecule is CC(C)CNC(=O)CN1CC(C)(C)Oc2cc(N)ccc21. The Morgan fingerprint density at radius 1 is 1.48 bits per heavy atom. The highest BCUT2D eigenvalue weighted by atomic mass is 16.5. The van der Waals surface area contributed by atoms with E-state index in [0.717, 1.165) is 11.4 Å². The number of anilines is 2. The number of amides is 1. The highest BCUT2D eigenvalue weighted by Crippen LogP contribution is 2.37. The van der Waals surface area contributed by atoms with Crippen LogP contribution in [0.25, 0.3) is 0 Å². The molecule has 1 aromatic rings. The number of carbonyl (C=O) groups is 1. The first-order valence-electron chi connectivity index (χ1n) is 7.37. The van der Waals surface area contributed by atoms with Crippen LogP contribution in [0, 0.1) is 5.92 Å². The third kappa shape index (κ3) is 4.03. The fraction of sp³-hybridized carbons (Fsp3) is 0.562. The molecule has 21 heavy (non-hydrogen) atoms. The summed E-state index contributed by atoms with van der Waals surface area (Å²) < 4.78 is 5.96. The number of nitrogens with two attached hydrogens (primary N) is 1. The lowest BCUT2D eigenvalue weighted by molar-refractivity contribution is -0.120. The second kappa shape index (κ2) is 5.84. The summed E-state index contributed by atoms with van der Waals surface area (Å²) in [7, 11) is 0. The van der Waals surface area contributed by atoms with Gasteiger partial charge in [-0.2, -0.15) is 0 Å². The minimum atomic E-state index is -0.348. The third-order valence-corrected chi connectivity index (χ3v) is 3.32. The van der Waals surface area contributed by atoms with E-state index in [-0.39, 0.29) is 11.5 Å². The highest BCUT2D eigenvalue weighted by Gasteiger charge is 2.32. The second-order valence-corrected chi connectivity index (χ2v) is 6.64. The zero-order valence-corrected chi connectivity index (χ0v) is 13.3. The summed E-state index contributed by atoms with van der Waals surface area (Å²) in [5.74, 6) is 1.22. The van der Waals surface area contributed by atoms with Gasteiger partial charge in [0.15, 0.2) is 0 Å². The van der Waals surface area contributed by atoms with Crippen LogP contribution in [0.4, 0.5) is 11.4 Å². The van der Waals surface area contributed by atoms with Crippen LogP contribution in [0.2, 0.25) is 0 Å². The predicted molar refractivity (Wildman–Crippen MR) is 85.6 cm³/mol. The van der Waals surface area contributed by atoms with E-state index in [1.165, 1.54) is 0 Å². The molecule has 0 atom stereocenters. The van der Waals surface area contributed by atoms with Gasteiger partial charge in [0.2, 0.25) is 5.91 Å². The molecule has 5 heteroatoms. The van der Waals surface area contributed by atoms with Crippen LogP contribution in [-0.4, -0.2) is 31.1 Å². The predicted octanol–water partition coefficient (Wildman–Crippen LogP) is 2.02. The first-order valence-corrected chi connectivity index (χ1v) is 7.37. The molecule has 0 bridgehead atoms. The summed E-state index contributed by atoms with van der Waals surface area (Å²) in [4.78, 5) is 14.1. The number of carbonyl (C=O) groups excluding carboxylic acids is 1. The summed E-state index contributed by atoms with van der Waals surface area (Å²) in [6.45, 7) is 9.87. The van der Waals surface area contributed by atoms with Crippen molar-refractivity contribution in [3.05, 3.63) is 18.2 Å². The molecule has 3 N–H and O–H groups in total. The van der Waals surface area contributed by atoms with E-state index in [1.54, 1.807) is 0 Å². The van der Waals surface area contributed by atoms with Crippen LogP contribution in [0.3, 0.4) is 0 Å². The number of hydrogen-bond donors (Lipinski definition) is 2. The van der Waals surface area contributed by atoms with E-state index in [9.17, 15) is 4.79 Å². The molecule has 1 aliphatic heterocycles. The van der Waals surface area contributed by atoms with E-state index >= 15 is 0 Å². The van der Waals surface area contributed by atoms with Gasteiger partial charge in [-0.25, -0.2) is 0 Å². The normalized spacial score (nSPS) is 16.3. The molecule has 0 saturated carbocycles. The smallest absolute Gasteiger partial charge is 0.239 e. The summed E-state index contributed by atoms with van der Waals surface area (Å²) in [5, 5.41) is 2.95. The molecule has 0 saturated heterocycles. The molecule has 0 radical (unpaired) electrons. The van der Waals surface area contributed by atoms with Gasteiger partial charge < -0.3 is 20.7 Å². The second-order valence-electron chi connectivity index (χ2n) is 6.64. The fourth-order valence-corrected chi connectivity index (χ4v) is 2.44. The lowest BCUT2D eigenvalue weighted by atomic mass is 10.0. The third-order valence-electron chi connectivity index (χ3n) is 3.32. The molecule has 1 aromatic carbocycles. The lowest BCUT2D eigenvalue weighted by Gasteiger charge is -2.40. The minimum Gasteiger partial charge on any atom is -0.484 e. The molecule has 1 amide bonds. The van der Waals surface area contributed by atoms with Gasteiger partial charge in [-0.3, -0.25) is 4.79 Å². The average molecular weight is 291 g/mol. The fourth-order valence-electron chi connectivity index (χ4n) is 2.44. The van der Waals surface area contributed by atoms with Gasteiger partial charge in [-0.15, -0.1) is 0 Å². The Morgan fingerprint density at radius 2 is 2.19 bits per heavy atom. The van der Waals surface area contributed by atoms with Crippen molar-refractivity contribution in [3.63, 3.8) is 0 Å². The molecule has 5 nitrogen and oxygen atoms in total. The first-order chi connectivity index (χ1) is 9.77. The van der Waals surface area contributed by atoms with Crippen molar-refractivity contribution < 1.29 is 9.53 Å². The molecule has 0 aromatic heterocycles. The molecule has 0 unspecified atom stereocenters. The zero-order chi connectivity index (χ0) is 15.6. The Hall–Kier alpha value is -1.91. The Balaban J connectivity index is 2.14. The number of nitrogen functional groups attached to an aromatic ring is 1. The van der Waals surface area contributed by atoms with E-state index in [4.69, 9.17) is 10.5 Å². The van der Waals surface area contributed by atoms with Gasteiger partial charge in [-0.05, 0) is 31.9 Å². The average Bonchev–Trinajstić information content (AvgIpc) is 2.34. The Labute approximate surface area is 126 Å². The molecular formula is C16H25N3O2. The Morgan fingerprint density at radius 3 is 2.86 bits per heavy atom. The van der Waals surface area contributed by atoms with Gasteiger partial charge in [0, 0.05) is 18.3 Å². The van der Waals surface area contributed by atoms with Crippen LogP contribution in [0.1, 0.15) is 27.7 Å². The van der Waals surface area contributed by atoms with Crippen molar-refractivity contribution in [1.29, 1.82) is 0 Å².